The lowest BCUT2D eigenvalue weighted by Crippen LogP contribution is -2.56. The summed E-state index contributed by atoms with van der Waals surface area (Å²) in [5, 5.41) is 12.3. The summed E-state index contributed by atoms with van der Waals surface area (Å²) < 4.78 is 5.48. The Kier molecular flexibility index (Phi) is 4.31. The van der Waals surface area contributed by atoms with Crippen molar-refractivity contribution >= 4 is 23.8 Å². The topological polar surface area (TPSA) is 78.9 Å². The largest absolute Gasteiger partial charge is 0.480 e. The van der Waals surface area contributed by atoms with Gasteiger partial charge in [-0.05, 0) is 38.5 Å². The van der Waals surface area contributed by atoms with Crippen LogP contribution in [0.4, 0.5) is 4.79 Å². The zero-order valence-corrected chi connectivity index (χ0v) is 13.0. The van der Waals surface area contributed by atoms with Gasteiger partial charge < -0.3 is 15.2 Å². The average molecular weight is 314 g/mol. The first-order chi connectivity index (χ1) is 10.1. The number of carbonyl (C=O) groups is 2. The molecule has 7 heteroatoms. The van der Waals surface area contributed by atoms with Gasteiger partial charge in [0.05, 0.1) is 11.5 Å². The van der Waals surface area contributed by atoms with Crippen LogP contribution in [0.3, 0.4) is 0 Å². The lowest BCUT2D eigenvalue weighted by Gasteiger charge is -2.37. The van der Waals surface area contributed by atoms with Crippen LogP contribution >= 0.6 is 11.8 Å². The van der Waals surface area contributed by atoms with Crippen LogP contribution in [0.25, 0.3) is 0 Å². The second-order valence-electron chi connectivity index (χ2n) is 6.02. The highest BCUT2D eigenvalue weighted by molar-refractivity contribution is 8.00. The van der Waals surface area contributed by atoms with Gasteiger partial charge in [-0.25, -0.2) is 9.59 Å². The molecule has 118 valence electrons. The molecule has 0 radical (unpaired) electrons. The van der Waals surface area contributed by atoms with E-state index in [4.69, 9.17) is 4.74 Å². The van der Waals surface area contributed by atoms with Gasteiger partial charge in [-0.2, -0.15) is 0 Å². The molecule has 0 aromatic heterocycles. The van der Waals surface area contributed by atoms with E-state index in [1.165, 1.54) is 0 Å². The molecule has 2 saturated carbocycles. The molecule has 0 aromatic rings. The maximum atomic E-state index is 12.5. The molecular weight excluding hydrogens is 292 g/mol. The van der Waals surface area contributed by atoms with Crippen LogP contribution in [0.1, 0.15) is 32.6 Å². The van der Waals surface area contributed by atoms with Crippen molar-refractivity contribution in [3.63, 3.8) is 0 Å². The lowest BCUT2D eigenvalue weighted by atomic mass is 9.89. The highest BCUT2D eigenvalue weighted by atomic mass is 32.2. The van der Waals surface area contributed by atoms with E-state index in [-0.39, 0.29) is 23.6 Å². The number of rotatable bonds is 5. The maximum absolute atomic E-state index is 12.5. The summed E-state index contributed by atoms with van der Waals surface area (Å²) in [6.45, 7) is 2.66. The standard InChI is InChI=1S/C14H22N2O4S/c1-2-20-10-5-9(6-10)15-14(19)16-11(13(17)18)7-21-12(16)8-3-4-8/h8-12H,2-7H2,1H3,(H,15,19)(H,17,18). The van der Waals surface area contributed by atoms with Gasteiger partial charge in [0.2, 0.25) is 0 Å². The van der Waals surface area contributed by atoms with Crippen LogP contribution in [0, 0.1) is 5.92 Å². The molecule has 6 nitrogen and oxygen atoms in total. The minimum absolute atomic E-state index is 0.0360. The SMILES string of the molecule is CCOC1CC(NC(=O)N2C(C(=O)O)CSC2C2CC2)C1. The van der Waals surface area contributed by atoms with Crippen LogP contribution < -0.4 is 5.32 Å². The zero-order valence-electron chi connectivity index (χ0n) is 12.2. The molecule has 3 aliphatic rings. The van der Waals surface area contributed by atoms with Crippen molar-refractivity contribution < 1.29 is 19.4 Å². The number of hydrogen-bond donors (Lipinski definition) is 2. The van der Waals surface area contributed by atoms with Gasteiger partial charge in [0.15, 0.2) is 0 Å². The summed E-state index contributed by atoms with van der Waals surface area (Å²) in [5.74, 6) is 0.0696. The number of carboxylic acid groups (broad SMARTS) is 1. The molecule has 2 atom stereocenters. The molecule has 2 N–H and O–H groups in total. The Morgan fingerprint density at radius 2 is 2.10 bits per heavy atom. The second-order valence-corrected chi connectivity index (χ2v) is 7.17. The van der Waals surface area contributed by atoms with E-state index in [0.29, 0.717) is 18.3 Å². The van der Waals surface area contributed by atoms with E-state index in [2.05, 4.69) is 5.32 Å². The number of nitrogens with one attached hydrogen (secondary N) is 1. The fourth-order valence-corrected chi connectivity index (χ4v) is 4.65. The Morgan fingerprint density at radius 3 is 2.67 bits per heavy atom. The summed E-state index contributed by atoms with van der Waals surface area (Å²) in [5.41, 5.74) is 0. The number of hydrogen-bond acceptors (Lipinski definition) is 4. The number of nitrogens with zero attached hydrogens (tertiary/aromatic N) is 1. The number of amides is 2. The number of thioether (sulfide) groups is 1. The quantitative estimate of drug-likeness (QED) is 0.804. The molecule has 0 aromatic carbocycles. The Bertz CT molecular complexity index is 423. The van der Waals surface area contributed by atoms with Crippen molar-refractivity contribution in [3.05, 3.63) is 0 Å². The first-order valence-corrected chi connectivity index (χ1v) is 8.69. The summed E-state index contributed by atoms with van der Waals surface area (Å²) in [6.07, 6.45) is 4.09. The molecule has 2 amide bonds. The van der Waals surface area contributed by atoms with Crippen molar-refractivity contribution in [3.8, 4) is 0 Å². The Morgan fingerprint density at radius 1 is 1.38 bits per heavy atom. The van der Waals surface area contributed by atoms with Gasteiger partial charge in [-0.15, -0.1) is 11.8 Å². The fraction of sp³-hybridized carbons (Fsp3) is 0.857. The maximum Gasteiger partial charge on any atom is 0.327 e. The lowest BCUT2D eigenvalue weighted by molar-refractivity contribution is -0.141. The highest BCUT2D eigenvalue weighted by Gasteiger charge is 2.48. The Hall–Kier alpha value is -0.950. The van der Waals surface area contributed by atoms with Gasteiger partial charge in [-0.3, -0.25) is 4.90 Å². The highest BCUT2D eigenvalue weighted by Crippen LogP contribution is 2.45. The van der Waals surface area contributed by atoms with Crippen LogP contribution in [-0.4, -0.2) is 57.9 Å². The van der Waals surface area contributed by atoms with Crippen molar-refractivity contribution in [2.24, 2.45) is 5.92 Å². The summed E-state index contributed by atoms with van der Waals surface area (Å²) in [4.78, 5) is 25.4. The van der Waals surface area contributed by atoms with Crippen LogP contribution in [-0.2, 0) is 9.53 Å². The average Bonchev–Trinajstić information content (AvgIpc) is 3.14. The minimum Gasteiger partial charge on any atom is -0.480 e. The molecule has 2 unspecified atom stereocenters. The zero-order chi connectivity index (χ0) is 15.0. The molecular formula is C14H22N2O4S. The molecule has 2 aliphatic carbocycles. The molecule has 1 saturated heterocycles. The van der Waals surface area contributed by atoms with Gasteiger partial charge in [0, 0.05) is 18.4 Å². The molecule has 3 rings (SSSR count). The number of aliphatic carboxylic acids is 1. The fourth-order valence-electron chi connectivity index (χ4n) is 3.02. The van der Waals surface area contributed by atoms with E-state index < -0.39 is 12.0 Å². The second kappa shape index (κ2) is 6.04. The number of urea groups is 1. The summed E-state index contributed by atoms with van der Waals surface area (Å²) >= 11 is 1.61. The van der Waals surface area contributed by atoms with Crippen LogP contribution in [0.5, 0.6) is 0 Å². The third-order valence-electron chi connectivity index (χ3n) is 4.40. The van der Waals surface area contributed by atoms with Gasteiger partial charge >= 0.3 is 12.0 Å². The van der Waals surface area contributed by atoms with E-state index in [1.54, 1.807) is 16.7 Å². The van der Waals surface area contributed by atoms with E-state index >= 15 is 0 Å². The molecule has 3 fully saturated rings. The predicted octanol–water partition coefficient (Wildman–Crippen LogP) is 1.50. The molecule has 0 bridgehead atoms. The number of carbonyl (C=O) groups excluding carboxylic acids is 1. The van der Waals surface area contributed by atoms with Crippen molar-refractivity contribution in [2.75, 3.05) is 12.4 Å². The van der Waals surface area contributed by atoms with Crippen molar-refractivity contribution in [1.29, 1.82) is 0 Å². The number of carboxylic acids is 1. The molecule has 21 heavy (non-hydrogen) atoms. The molecule has 0 spiro atoms. The van der Waals surface area contributed by atoms with Crippen molar-refractivity contribution in [1.82, 2.24) is 10.2 Å². The van der Waals surface area contributed by atoms with Crippen molar-refractivity contribution in [2.45, 2.75) is 56.2 Å². The van der Waals surface area contributed by atoms with E-state index in [9.17, 15) is 14.7 Å². The smallest absolute Gasteiger partial charge is 0.327 e. The monoisotopic (exact) mass is 314 g/mol. The third kappa shape index (κ3) is 3.13. The van der Waals surface area contributed by atoms with Gasteiger partial charge in [-0.1, -0.05) is 0 Å². The normalized spacial score (nSPS) is 35.4. The first-order valence-electron chi connectivity index (χ1n) is 7.65. The van der Waals surface area contributed by atoms with Gasteiger partial charge in [0.25, 0.3) is 0 Å². The third-order valence-corrected chi connectivity index (χ3v) is 5.87. The van der Waals surface area contributed by atoms with Gasteiger partial charge in [0.1, 0.15) is 6.04 Å². The van der Waals surface area contributed by atoms with E-state index in [0.717, 1.165) is 25.7 Å². The summed E-state index contributed by atoms with van der Waals surface area (Å²) in [6, 6.07) is -0.790. The van der Waals surface area contributed by atoms with E-state index in [1.807, 2.05) is 6.92 Å². The minimum atomic E-state index is -0.901. The molecule has 1 aliphatic heterocycles. The van der Waals surface area contributed by atoms with Crippen LogP contribution in [0.2, 0.25) is 0 Å². The molecule has 1 heterocycles. The van der Waals surface area contributed by atoms with Crippen LogP contribution in [0.15, 0.2) is 0 Å². The predicted molar refractivity (Wildman–Crippen MR) is 79.2 cm³/mol. The Labute approximate surface area is 128 Å². The Balaban J connectivity index is 1.57. The summed E-state index contributed by atoms with van der Waals surface area (Å²) in [7, 11) is 0. The number of ether oxygens (including phenoxy) is 1. The first kappa shape index (κ1) is 15.0.